The Kier molecular flexibility index (Phi) is 13.2. The largest absolute Gasteiger partial charge is 0.393 e. The summed E-state index contributed by atoms with van der Waals surface area (Å²) in [5, 5.41) is 10.7. The minimum Gasteiger partial charge on any atom is -0.393 e. The number of ketones is 1. The molecule has 0 aromatic carbocycles. The zero-order valence-electron chi connectivity index (χ0n) is 19.2. The van der Waals surface area contributed by atoms with Crippen molar-refractivity contribution in [2.24, 2.45) is 29.1 Å². The minimum absolute atomic E-state index is 0.0785. The fraction of sp³-hybridized carbons (Fsp3) is 0.880. The number of rotatable bonds is 10. The zero-order chi connectivity index (χ0) is 21.0. The number of aliphatic hydroxyl groups excluding tert-OH is 1. The number of carbonyl (C=O) groups excluding carboxylic acids is 1. The molecule has 0 aromatic rings. The van der Waals surface area contributed by atoms with E-state index in [9.17, 15) is 9.90 Å². The molecule has 0 bridgehead atoms. The van der Waals surface area contributed by atoms with Crippen molar-refractivity contribution in [1.82, 2.24) is 0 Å². The predicted octanol–water partition coefficient (Wildman–Crippen LogP) is 7.20. The molecule has 0 heterocycles. The van der Waals surface area contributed by atoms with Crippen LogP contribution >= 0.6 is 0 Å². The van der Waals surface area contributed by atoms with Gasteiger partial charge in [-0.05, 0) is 74.5 Å². The molecule has 27 heavy (non-hydrogen) atoms. The summed E-state index contributed by atoms with van der Waals surface area (Å²) < 4.78 is 0. The summed E-state index contributed by atoms with van der Waals surface area (Å²) in [5.41, 5.74) is 0.0785. The predicted molar refractivity (Wildman–Crippen MR) is 119 cm³/mol. The normalized spacial score (nSPS) is 27.2. The average molecular weight is 381 g/mol. The van der Waals surface area contributed by atoms with Crippen LogP contribution in [0.4, 0.5) is 0 Å². The van der Waals surface area contributed by atoms with Crippen LogP contribution in [0.3, 0.4) is 0 Å². The molecule has 1 fully saturated rings. The van der Waals surface area contributed by atoms with Crippen LogP contribution in [-0.2, 0) is 4.79 Å². The first-order valence-electron chi connectivity index (χ1n) is 11.5. The second-order valence-electron chi connectivity index (χ2n) is 8.99. The third-order valence-corrected chi connectivity index (χ3v) is 7.64. The molecule has 5 unspecified atom stereocenters. The molecular formula is C25H48O2. The molecule has 2 heteroatoms. The summed E-state index contributed by atoms with van der Waals surface area (Å²) in [6.45, 7) is 19.2. The van der Waals surface area contributed by atoms with Gasteiger partial charge in [0.05, 0.1) is 6.10 Å². The van der Waals surface area contributed by atoms with Crippen LogP contribution in [0.2, 0.25) is 0 Å². The summed E-state index contributed by atoms with van der Waals surface area (Å²) in [5.74, 6) is 3.18. The Morgan fingerprint density at radius 1 is 1.04 bits per heavy atom. The van der Waals surface area contributed by atoms with Crippen LogP contribution in [0.15, 0.2) is 13.2 Å². The van der Waals surface area contributed by atoms with Crippen LogP contribution in [-0.4, -0.2) is 17.0 Å². The Labute approximate surface area is 170 Å². The number of carbonyl (C=O) groups is 1. The first-order chi connectivity index (χ1) is 12.8. The Hall–Kier alpha value is -0.630. The molecule has 0 saturated heterocycles. The Morgan fingerprint density at radius 2 is 1.52 bits per heavy atom. The molecule has 5 atom stereocenters. The van der Waals surface area contributed by atoms with Gasteiger partial charge in [0.2, 0.25) is 0 Å². The maximum Gasteiger partial charge on any atom is 0.129 e. The topological polar surface area (TPSA) is 37.3 Å². The fourth-order valence-corrected chi connectivity index (χ4v) is 5.53. The molecule has 1 aliphatic rings. The molecule has 0 aromatic heterocycles. The van der Waals surface area contributed by atoms with Crippen molar-refractivity contribution >= 4 is 5.78 Å². The van der Waals surface area contributed by atoms with Crippen LogP contribution in [0.25, 0.3) is 0 Å². The van der Waals surface area contributed by atoms with Gasteiger partial charge in [0.1, 0.15) is 5.78 Å². The molecule has 1 saturated carbocycles. The number of aliphatic hydroxyl groups is 1. The van der Waals surface area contributed by atoms with Gasteiger partial charge in [-0.2, -0.15) is 0 Å². The highest BCUT2D eigenvalue weighted by atomic mass is 16.3. The lowest BCUT2D eigenvalue weighted by atomic mass is 9.67. The van der Waals surface area contributed by atoms with Crippen LogP contribution < -0.4 is 0 Å². The number of hydrogen-bond acceptors (Lipinski definition) is 2. The molecule has 0 amide bonds. The maximum atomic E-state index is 11.6. The molecule has 0 aliphatic heterocycles. The lowest BCUT2D eigenvalue weighted by Crippen LogP contribution is -2.36. The van der Waals surface area contributed by atoms with Crippen molar-refractivity contribution in [2.45, 2.75) is 112 Å². The van der Waals surface area contributed by atoms with Gasteiger partial charge in [0, 0.05) is 6.42 Å². The van der Waals surface area contributed by atoms with Gasteiger partial charge < -0.3 is 9.90 Å². The maximum absolute atomic E-state index is 11.6. The standard InChI is InChI=1S/C23H44O2.C2H4/c1-7-22(25)23(8-2,9-3)16-15-21-18(5)12-10-11-17(4)20(21)14-13-19(6)24;1-2/h17-18,20-22,25H,7-16H2,1-6H3;1-2H2. The monoisotopic (exact) mass is 380 g/mol. The summed E-state index contributed by atoms with van der Waals surface area (Å²) in [7, 11) is 0. The van der Waals surface area contributed by atoms with Crippen molar-refractivity contribution in [3.8, 4) is 0 Å². The molecule has 1 aliphatic carbocycles. The Morgan fingerprint density at radius 3 is 1.93 bits per heavy atom. The van der Waals surface area contributed by atoms with E-state index in [4.69, 9.17) is 0 Å². The molecular weight excluding hydrogens is 332 g/mol. The Bertz CT molecular complexity index is 399. The van der Waals surface area contributed by atoms with Gasteiger partial charge in [-0.1, -0.05) is 53.9 Å². The first kappa shape index (κ1) is 26.4. The summed E-state index contributed by atoms with van der Waals surface area (Å²) in [6, 6.07) is 0. The molecule has 0 radical (unpaired) electrons. The van der Waals surface area contributed by atoms with Crippen LogP contribution in [0, 0.1) is 29.1 Å². The van der Waals surface area contributed by atoms with Gasteiger partial charge >= 0.3 is 0 Å². The van der Waals surface area contributed by atoms with E-state index < -0.39 is 0 Å². The molecule has 1 rings (SSSR count). The van der Waals surface area contributed by atoms with Crippen molar-refractivity contribution in [2.75, 3.05) is 0 Å². The second kappa shape index (κ2) is 13.5. The van der Waals surface area contributed by atoms with Gasteiger partial charge in [-0.3, -0.25) is 0 Å². The SMILES string of the molecule is C=C.CCC(O)C(CC)(CC)CCC1C(C)CCCC(C)C1CCC(C)=O. The van der Waals surface area contributed by atoms with E-state index in [0.717, 1.165) is 50.4 Å². The zero-order valence-corrected chi connectivity index (χ0v) is 19.2. The smallest absolute Gasteiger partial charge is 0.129 e. The highest BCUT2D eigenvalue weighted by Crippen LogP contribution is 2.45. The minimum atomic E-state index is -0.184. The van der Waals surface area contributed by atoms with E-state index in [1.807, 2.05) is 0 Å². The van der Waals surface area contributed by atoms with E-state index >= 15 is 0 Å². The van der Waals surface area contributed by atoms with Crippen LogP contribution in [0.5, 0.6) is 0 Å². The highest BCUT2D eigenvalue weighted by Gasteiger charge is 2.38. The number of Topliss-reactive ketones (excluding diaryl/α,β-unsaturated/α-hetero) is 1. The molecule has 160 valence electrons. The van der Waals surface area contributed by atoms with Gasteiger partial charge in [0.15, 0.2) is 0 Å². The summed E-state index contributed by atoms with van der Waals surface area (Å²) in [6.07, 6.45) is 10.9. The van der Waals surface area contributed by atoms with E-state index in [1.54, 1.807) is 6.92 Å². The van der Waals surface area contributed by atoms with Gasteiger partial charge in [0.25, 0.3) is 0 Å². The Balaban J connectivity index is 0.00000326. The van der Waals surface area contributed by atoms with E-state index in [1.165, 1.54) is 25.7 Å². The first-order valence-corrected chi connectivity index (χ1v) is 11.5. The molecule has 0 spiro atoms. The third kappa shape index (κ3) is 7.72. The van der Waals surface area contributed by atoms with E-state index in [0.29, 0.717) is 17.6 Å². The summed E-state index contributed by atoms with van der Waals surface area (Å²) in [4.78, 5) is 11.6. The van der Waals surface area contributed by atoms with Crippen molar-refractivity contribution in [3.63, 3.8) is 0 Å². The van der Waals surface area contributed by atoms with Gasteiger partial charge in [-0.15, -0.1) is 13.2 Å². The summed E-state index contributed by atoms with van der Waals surface area (Å²) >= 11 is 0. The second-order valence-corrected chi connectivity index (χ2v) is 8.99. The average Bonchev–Trinajstić information content (AvgIpc) is 2.80. The van der Waals surface area contributed by atoms with Crippen molar-refractivity contribution in [3.05, 3.63) is 13.2 Å². The van der Waals surface area contributed by atoms with Crippen LogP contribution in [0.1, 0.15) is 106 Å². The van der Waals surface area contributed by atoms with E-state index in [-0.39, 0.29) is 11.5 Å². The lowest BCUT2D eigenvalue weighted by molar-refractivity contribution is -0.117. The molecule has 1 N–H and O–H groups in total. The quantitative estimate of drug-likeness (QED) is 0.321. The van der Waals surface area contributed by atoms with Crippen molar-refractivity contribution < 1.29 is 9.90 Å². The number of hydrogen-bond donors (Lipinski definition) is 1. The molecule has 2 nitrogen and oxygen atoms in total. The van der Waals surface area contributed by atoms with E-state index in [2.05, 4.69) is 47.8 Å². The third-order valence-electron chi connectivity index (χ3n) is 7.64. The highest BCUT2D eigenvalue weighted by molar-refractivity contribution is 5.75. The lowest BCUT2D eigenvalue weighted by Gasteiger charge is -2.40. The van der Waals surface area contributed by atoms with Gasteiger partial charge in [-0.25, -0.2) is 0 Å². The fourth-order valence-electron chi connectivity index (χ4n) is 5.53. The van der Waals surface area contributed by atoms with Crippen molar-refractivity contribution in [1.29, 1.82) is 0 Å².